The van der Waals surface area contributed by atoms with Crippen LogP contribution in [0.25, 0.3) is 0 Å². The van der Waals surface area contributed by atoms with Crippen LogP contribution in [-0.2, 0) is 11.2 Å². The summed E-state index contributed by atoms with van der Waals surface area (Å²) in [7, 11) is 0. The summed E-state index contributed by atoms with van der Waals surface area (Å²) >= 11 is 0. The molecule has 2 aromatic rings. The first-order valence-electron chi connectivity index (χ1n) is 8.59. The van der Waals surface area contributed by atoms with Gasteiger partial charge in [0.15, 0.2) is 11.5 Å². The smallest absolute Gasteiger partial charge is 0.231 e. The highest BCUT2D eigenvalue weighted by Crippen LogP contribution is 2.34. The summed E-state index contributed by atoms with van der Waals surface area (Å²) in [4.78, 5) is 18.8. The van der Waals surface area contributed by atoms with E-state index >= 15 is 0 Å². The minimum atomic E-state index is -0.0277. The number of anilines is 2. The van der Waals surface area contributed by atoms with Crippen LogP contribution in [0.1, 0.15) is 25.8 Å². The maximum atomic E-state index is 12.2. The third kappa shape index (κ3) is 4.21. The molecule has 0 saturated heterocycles. The lowest BCUT2D eigenvalue weighted by molar-refractivity contribution is -0.116. The van der Waals surface area contributed by atoms with Crippen LogP contribution in [0.2, 0.25) is 0 Å². The van der Waals surface area contributed by atoms with Gasteiger partial charge in [0, 0.05) is 37.5 Å². The first-order chi connectivity index (χ1) is 12.2. The lowest BCUT2D eigenvalue weighted by Gasteiger charge is -2.20. The number of amides is 1. The molecule has 132 valence electrons. The van der Waals surface area contributed by atoms with Crippen molar-refractivity contribution in [2.45, 2.75) is 26.7 Å². The van der Waals surface area contributed by atoms with E-state index in [1.54, 1.807) is 18.3 Å². The number of ether oxygens (including phenoxy) is 2. The van der Waals surface area contributed by atoms with Gasteiger partial charge >= 0.3 is 0 Å². The summed E-state index contributed by atoms with van der Waals surface area (Å²) in [6.07, 6.45) is 2.89. The first kappa shape index (κ1) is 17.1. The van der Waals surface area contributed by atoms with Crippen molar-refractivity contribution in [3.63, 3.8) is 0 Å². The molecule has 0 radical (unpaired) electrons. The van der Waals surface area contributed by atoms with Gasteiger partial charge in [-0.15, -0.1) is 0 Å². The lowest BCUT2D eigenvalue weighted by Crippen LogP contribution is -2.23. The van der Waals surface area contributed by atoms with E-state index in [0.29, 0.717) is 30.0 Å². The molecule has 0 bridgehead atoms. The molecule has 6 nitrogen and oxygen atoms in total. The monoisotopic (exact) mass is 341 g/mol. The molecule has 1 aliphatic rings. The molecule has 0 unspecified atom stereocenters. The molecule has 25 heavy (non-hydrogen) atoms. The summed E-state index contributed by atoms with van der Waals surface area (Å²) in [5.41, 5.74) is 1.82. The number of nitrogens with zero attached hydrogens (tertiary/aromatic N) is 2. The Labute approximate surface area is 147 Å². The maximum absolute atomic E-state index is 12.2. The van der Waals surface area contributed by atoms with E-state index in [2.05, 4.69) is 35.1 Å². The van der Waals surface area contributed by atoms with Crippen LogP contribution < -0.4 is 19.7 Å². The number of rotatable bonds is 7. The highest BCUT2D eigenvalue weighted by Gasteiger charge is 2.14. The Morgan fingerprint density at radius 1 is 1.16 bits per heavy atom. The van der Waals surface area contributed by atoms with Gasteiger partial charge in [0.05, 0.1) is 0 Å². The minimum Gasteiger partial charge on any atom is -0.454 e. The van der Waals surface area contributed by atoms with Crippen molar-refractivity contribution in [2.24, 2.45) is 0 Å². The second-order valence-corrected chi connectivity index (χ2v) is 5.81. The molecule has 1 aromatic carbocycles. The minimum absolute atomic E-state index is 0.0277. The first-order valence-corrected chi connectivity index (χ1v) is 8.59. The molecule has 1 aliphatic heterocycles. The molecule has 6 heteroatoms. The SMILES string of the molecule is CCN(CC)c1cc(CCC(=O)Nc2ccc3c(c2)OCO3)ccn1. The van der Waals surface area contributed by atoms with Crippen LogP contribution in [0, 0.1) is 0 Å². The van der Waals surface area contributed by atoms with Crippen molar-refractivity contribution in [1.29, 1.82) is 0 Å². The fourth-order valence-electron chi connectivity index (χ4n) is 2.79. The Kier molecular flexibility index (Phi) is 5.38. The zero-order valence-corrected chi connectivity index (χ0v) is 14.6. The number of carbonyl (C=O) groups is 1. The van der Waals surface area contributed by atoms with E-state index in [4.69, 9.17) is 9.47 Å². The highest BCUT2D eigenvalue weighted by atomic mass is 16.7. The van der Waals surface area contributed by atoms with Crippen molar-refractivity contribution in [3.8, 4) is 11.5 Å². The van der Waals surface area contributed by atoms with E-state index in [-0.39, 0.29) is 12.7 Å². The van der Waals surface area contributed by atoms with Crippen molar-refractivity contribution in [2.75, 3.05) is 30.1 Å². The molecule has 1 amide bonds. The molecular weight excluding hydrogens is 318 g/mol. The summed E-state index contributed by atoms with van der Waals surface area (Å²) in [5, 5.41) is 2.90. The van der Waals surface area contributed by atoms with E-state index in [9.17, 15) is 4.79 Å². The predicted molar refractivity (Wildman–Crippen MR) is 97.3 cm³/mol. The number of benzene rings is 1. The van der Waals surface area contributed by atoms with E-state index < -0.39 is 0 Å². The van der Waals surface area contributed by atoms with Crippen LogP contribution in [0.15, 0.2) is 36.5 Å². The van der Waals surface area contributed by atoms with Crippen LogP contribution in [0.4, 0.5) is 11.5 Å². The number of nitrogens with one attached hydrogen (secondary N) is 1. The predicted octanol–water partition coefficient (Wildman–Crippen LogP) is 3.23. The van der Waals surface area contributed by atoms with Gasteiger partial charge in [-0.3, -0.25) is 4.79 Å². The van der Waals surface area contributed by atoms with Crippen LogP contribution >= 0.6 is 0 Å². The number of hydrogen-bond donors (Lipinski definition) is 1. The average molecular weight is 341 g/mol. The number of aromatic nitrogens is 1. The molecule has 0 aliphatic carbocycles. The van der Waals surface area contributed by atoms with Crippen molar-refractivity contribution < 1.29 is 14.3 Å². The van der Waals surface area contributed by atoms with Gasteiger partial charge in [0.1, 0.15) is 5.82 Å². The normalized spacial score (nSPS) is 12.1. The standard InChI is InChI=1S/C19H23N3O3/c1-3-22(4-2)18-11-14(9-10-20-18)5-8-19(23)21-15-6-7-16-17(12-15)25-13-24-16/h6-7,9-12H,3-5,8,13H2,1-2H3,(H,21,23). The zero-order valence-electron chi connectivity index (χ0n) is 14.6. The number of aryl methyl sites for hydroxylation is 1. The third-order valence-electron chi connectivity index (χ3n) is 4.19. The molecule has 0 atom stereocenters. The average Bonchev–Trinajstić information content (AvgIpc) is 3.09. The van der Waals surface area contributed by atoms with Gasteiger partial charge in [-0.25, -0.2) is 4.98 Å². The zero-order chi connectivity index (χ0) is 17.6. The second-order valence-electron chi connectivity index (χ2n) is 5.81. The summed E-state index contributed by atoms with van der Waals surface area (Å²) < 4.78 is 10.6. The fourth-order valence-corrected chi connectivity index (χ4v) is 2.79. The van der Waals surface area contributed by atoms with Gasteiger partial charge in [0.2, 0.25) is 12.7 Å². The molecule has 0 fully saturated rings. The van der Waals surface area contributed by atoms with E-state index in [0.717, 1.165) is 24.5 Å². The highest BCUT2D eigenvalue weighted by molar-refractivity contribution is 5.91. The molecular formula is C19H23N3O3. The third-order valence-corrected chi connectivity index (χ3v) is 4.19. The molecule has 1 N–H and O–H groups in total. The number of pyridine rings is 1. The molecule has 3 rings (SSSR count). The topological polar surface area (TPSA) is 63.7 Å². The Bertz CT molecular complexity index is 744. The fraction of sp³-hybridized carbons (Fsp3) is 0.368. The van der Waals surface area contributed by atoms with Gasteiger partial charge < -0.3 is 19.7 Å². The van der Waals surface area contributed by atoms with Gasteiger partial charge in [-0.1, -0.05) is 0 Å². The van der Waals surface area contributed by atoms with Crippen LogP contribution in [0.5, 0.6) is 11.5 Å². The van der Waals surface area contributed by atoms with Gasteiger partial charge in [0.25, 0.3) is 0 Å². The quantitative estimate of drug-likeness (QED) is 0.838. The van der Waals surface area contributed by atoms with Gasteiger partial charge in [-0.2, -0.15) is 0 Å². The van der Waals surface area contributed by atoms with Crippen LogP contribution in [0.3, 0.4) is 0 Å². The number of fused-ring (bicyclic) bond motifs is 1. The lowest BCUT2D eigenvalue weighted by atomic mass is 10.1. The molecule has 1 aromatic heterocycles. The number of carbonyl (C=O) groups excluding carboxylic acids is 1. The van der Waals surface area contributed by atoms with E-state index in [1.165, 1.54) is 0 Å². The van der Waals surface area contributed by atoms with E-state index in [1.807, 2.05) is 12.1 Å². The molecule has 2 heterocycles. The summed E-state index contributed by atoms with van der Waals surface area (Å²) in [6.45, 7) is 6.27. The number of hydrogen-bond acceptors (Lipinski definition) is 5. The Morgan fingerprint density at radius 3 is 2.76 bits per heavy atom. The second kappa shape index (κ2) is 7.88. The maximum Gasteiger partial charge on any atom is 0.231 e. The Morgan fingerprint density at radius 2 is 1.96 bits per heavy atom. The Balaban J connectivity index is 1.56. The van der Waals surface area contributed by atoms with Crippen molar-refractivity contribution in [1.82, 2.24) is 4.98 Å². The van der Waals surface area contributed by atoms with Crippen molar-refractivity contribution in [3.05, 3.63) is 42.1 Å². The Hall–Kier alpha value is -2.76. The molecule has 0 spiro atoms. The largest absolute Gasteiger partial charge is 0.454 e. The van der Waals surface area contributed by atoms with Gasteiger partial charge in [-0.05, 0) is 50.1 Å². The summed E-state index contributed by atoms with van der Waals surface area (Å²) in [6, 6.07) is 9.42. The van der Waals surface area contributed by atoms with Crippen molar-refractivity contribution >= 4 is 17.4 Å². The van der Waals surface area contributed by atoms with Crippen LogP contribution in [-0.4, -0.2) is 30.8 Å². The summed E-state index contributed by atoms with van der Waals surface area (Å²) in [5.74, 6) is 2.30. The molecule has 0 saturated carbocycles.